The largest absolute Gasteiger partial charge is 0.420 e. The Balaban J connectivity index is 1.03. The first-order chi connectivity index (χ1) is 28.1. The minimum atomic E-state index is -1.78. The molecule has 0 aliphatic carbocycles. The van der Waals surface area contributed by atoms with Crippen molar-refractivity contribution >= 4 is 51.1 Å². The standard InChI is InChI=1S/C41H45F4N9O4/c1-2-3-9-33-51-37-38(54(33)14-5-4-13-48-41(56)49-27-8-6-7-26(22-27)25-46)29-23-28(10-11-32(29)50-40(37)47)53-17-15-52(16-18-53)19-21-57-20-12-34(55)58-39-35(44)30(42)24-31(43)36(39)45/h6-8,10-11,22-24H,2-5,9,12-21H2,1H3,(H2,47,50)(H2,48,49,56). The number of rotatable bonds is 17. The Bertz CT molecular complexity index is 2280. The summed E-state index contributed by atoms with van der Waals surface area (Å²) in [6.07, 6.45) is 3.92. The Morgan fingerprint density at radius 3 is 2.45 bits per heavy atom. The molecule has 6 rings (SSSR count). The highest BCUT2D eigenvalue weighted by atomic mass is 19.2. The Labute approximate surface area is 332 Å². The molecule has 1 fully saturated rings. The molecule has 17 heteroatoms. The summed E-state index contributed by atoms with van der Waals surface area (Å²) in [4.78, 5) is 38.7. The van der Waals surface area contributed by atoms with Crippen LogP contribution in [0.5, 0.6) is 5.75 Å². The van der Waals surface area contributed by atoms with Crippen LogP contribution in [0.3, 0.4) is 0 Å². The first-order valence-electron chi connectivity index (χ1n) is 19.3. The van der Waals surface area contributed by atoms with Gasteiger partial charge in [-0.2, -0.15) is 14.0 Å². The monoisotopic (exact) mass is 803 g/mol. The fourth-order valence-corrected chi connectivity index (χ4v) is 6.83. The topological polar surface area (TPSA) is 164 Å². The predicted octanol–water partition coefficient (Wildman–Crippen LogP) is 6.67. The maximum absolute atomic E-state index is 13.8. The second-order valence-electron chi connectivity index (χ2n) is 13.9. The van der Waals surface area contributed by atoms with Crippen LogP contribution in [0.25, 0.3) is 21.9 Å². The minimum absolute atomic E-state index is 0.0381. The molecule has 0 atom stereocenters. The van der Waals surface area contributed by atoms with Gasteiger partial charge in [0.05, 0.1) is 42.3 Å². The second kappa shape index (κ2) is 19.4. The predicted molar refractivity (Wildman–Crippen MR) is 211 cm³/mol. The van der Waals surface area contributed by atoms with Crippen molar-refractivity contribution in [3.8, 4) is 11.8 Å². The number of benzene rings is 3. The molecule has 1 saturated heterocycles. The number of aryl methyl sites for hydroxylation is 2. The molecule has 3 aromatic carbocycles. The molecule has 4 N–H and O–H groups in total. The van der Waals surface area contributed by atoms with Gasteiger partial charge in [0.1, 0.15) is 11.3 Å². The van der Waals surface area contributed by atoms with E-state index in [0.29, 0.717) is 42.2 Å². The van der Waals surface area contributed by atoms with Gasteiger partial charge >= 0.3 is 12.0 Å². The molecule has 58 heavy (non-hydrogen) atoms. The number of pyridine rings is 1. The molecule has 0 bridgehead atoms. The number of carbonyl (C=O) groups is 2. The number of anilines is 3. The van der Waals surface area contributed by atoms with Crippen LogP contribution in [0.1, 0.15) is 50.4 Å². The number of unbranched alkanes of at least 4 members (excludes halogenated alkanes) is 2. The number of aromatic nitrogens is 3. The molecule has 3 heterocycles. The number of nitriles is 1. The molecule has 0 saturated carbocycles. The van der Waals surface area contributed by atoms with Gasteiger partial charge in [0.25, 0.3) is 0 Å². The van der Waals surface area contributed by atoms with Crippen molar-refractivity contribution in [1.29, 1.82) is 5.26 Å². The molecule has 306 valence electrons. The molecule has 0 spiro atoms. The van der Waals surface area contributed by atoms with E-state index in [4.69, 9.17) is 25.7 Å². The number of amides is 2. The Hall–Kier alpha value is -5.99. The Morgan fingerprint density at radius 1 is 0.931 bits per heavy atom. The van der Waals surface area contributed by atoms with Gasteiger partial charge in [-0.15, -0.1) is 0 Å². The summed E-state index contributed by atoms with van der Waals surface area (Å²) in [5, 5.41) is 15.7. The maximum Gasteiger partial charge on any atom is 0.319 e. The van der Waals surface area contributed by atoms with Gasteiger partial charge in [-0.05, 0) is 55.7 Å². The van der Waals surface area contributed by atoms with Crippen LogP contribution in [0.4, 0.5) is 39.5 Å². The number of fused-ring (bicyclic) bond motifs is 3. The molecule has 2 aromatic heterocycles. The van der Waals surface area contributed by atoms with Crippen LogP contribution < -0.4 is 26.0 Å². The number of nitrogen functional groups attached to an aromatic ring is 1. The lowest BCUT2D eigenvalue weighted by Crippen LogP contribution is -2.47. The Kier molecular flexibility index (Phi) is 14.0. The first-order valence-corrected chi connectivity index (χ1v) is 19.3. The summed E-state index contributed by atoms with van der Waals surface area (Å²) in [7, 11) is 0. The molecule has 5 aromatic rings. The lowest BCUT2D eigenvalue weighted by atomic mass is 10.1. The number of halogens is 4. The molecule has 2 amide bonds. The quantitative estimate of drug-likeness (QED) is 0.0304. The van der Waals surface area contributed by atoms with E-state index in [9.17, 15) is 27.2 Å². The number of nitrogens with one attached hydrogen (secondary N) is 2. The van der Waals surface area contributed by atoms with Crippen molar-refractivity contribution < 1.29 is 36.6 Å². The number of hydrogen-bond donors (Lipinski definition) is 3. The second-order valence-corrected chi connectivity index (χ2v) is 13.9. The van der Waals surface area contributed by atoms with Crippen LogP contribution in [0.2, 0.25) is 0 Å². The van der Waals surface area contributed by atoms with Gasteiger partial charge < -0.3 is 35.3 Å². The number of imidazole rings is 1. The highest BCUT2D eigenvalue weighted by Gasteiger charge is 2.24. The third kappa shape index (κ3) is 10.1. The van der Waals surface area contributed by atoms with Crippen molar-refractivity contribution in [2.45, 2.75) is 52.0 Å². The van der Waals surface area contributed by atoms with E-state index in [1.165, 1.54) is 0 Å². The number of nitrogens with zero attached hydrogens (tertiary/aromatic N) is 6. The number of esters is 1. The third-order valence-electron chi connectivity index (χ3n) is 9.89. The van der Waals surface area contributed by atoms with E-state index in [2.05, 4.69) is 48.8 Å². The zero-order valence-corrected chi connectivity index (χ0v) is 32.1. The summed E-state index contributed by atoms with van der Waals surface area (Å²) < 4.78 is 66.7. The fraction of sp³-hybridized carbons (Fsp3) is 0.390. The number of carbonyl (C=O) groups excluding carboxylic acids is 2. The lowest BCUT2D eigenvalue weighted by Gasteiger charge is -2.36. The number of urea groups is 1. The summed E-state index contributed by atoms with van der Waals surface area (Å²) in [6.45, 7) is 7.05. The van der Waals surface area contributed by atoms with Crippen LogP contribution in [-0.2, 0) is 22.5 Å². The average Bonchev–Trinajstić information content (AvgIpc) is 3.59. The average molecular weight is 804 g/mol. The van der Waals surface area contributed by atoms with Gasteiger partial charge in [0.15, 0.2) is 17.5 Å². The summed E-state index contributed by atoms with van der Waals surface area (Å²) >= 11 is 0. The fourth-order valence-electron chi connectivity index (χ4n) is 6.83. The molecular weight excluding hydrogens is 759 g/mol. The van der Waals surface area contributed by atoms with Gasteiger partial charge in [-0.1, -0.05) is 19.4 Å². The Morgan fingerprint density at radius 2 is 1.71 bits per heavy atom. The van der Waals surface area contributed by atoms with Crippen LogP contribution in [0, 0.1) is 34.6 Å². The zero-order chi connectivity index (χ0) is 41.2. The third-order valence-corrected chi connectivity index (χ3v) is 9.89. The van der Waals surface area contributed by atoms with Gasteiger partial charge in [-0.3, -0.25) is 9.69 Å². The highest BCUT2D eigenvalue weighted by molar-refractivity contribution is 6.07. The molecule has 0 radical (unpaired) electrons. The number of ether oxygens (including phenoxy) is 2. The first kappa shape index (κ1) is 41.6. The minimum Gasteiger partial charge on any atom is -0.420 e. The molecule has 1 aliphatic rings. The van der Waals surface area contributed by atoms with E-state index in [1.54, 1.807) is 24.3 Å². The number of hydrogen-bond acceptors (Lipinski definition) is 10. The van der Waals surface area contributed by atoms with E-state index >= 15 is 0 Å². The van der Waals surface area contributed by atoms with Crippen molar-refractivity contribution in [3.63, 3.8) is 0 Å². The molecule has 13 nitrogen and oxygen atoms in total. The van der Waals surface area contributed by atoms with E-state index in [0.717, 1.165) is 86.2 Å². The normalized spacial score (nSPS) is 13.2. The molecule has 1 aliphatic heterocycles. The highest BCUT2D eigenvalue weighted by Crippen LogP contribution is 2.33. The van der Waals surface area contributed by atoms with E-state index < -0.39 is 35.0 Å². The summed E-state index contributed by atoms with van der Waals surface area (Å²) in [6, 6.07) is 14.7. The zero-order valence-electron chi connectivity index (χ0n) is 32.1. The number of piperazine rings is 1. The van der Waals surface area contributed by atoms with E-state index in [1.807, 2.05) is 12.1 Å². The van der Waals surface area contributed by atoms with Crippen molar-refractivity contribution in [3.05, 3.63) is 83.2 Å². The summed E-state index contributed by atoms with van der Waals surface area (Å²) in [5.74, 6) is -8.06. The molecule has 0 unspecified atom stereocenters. The summed E-state index contributed by atoms with van der Waals surface area (Å²) in [5.41, 5.74) is 10.9. The lowest BCUT2D eigenvalue weighted by molar-refractivity contribution is -0.136. The SMILES string of the molecule is CCCCc1nc2c(N)nc3ccc(N4CCN(CCOCCC(=O)Oc5c(F)c(F)cc(F)c5F)CC4)cc3c2n1CCCCNC(=O)Nc1cccc(C#N)c1. The maximum atomic E-state index is 13.8. The smallest absolute Gasteiger partial charge is 0.319 e. The van der Waals surface area contributed by atoms with E-state index in [-0.39, 0.29) is 31.7 Å². The molecular formula is C41H45F4N9O4. The van der Waals surface area contributed by atoms with Crippen molar-refractivity contribution in [2.24, 2.45) is 0 Å². The van der Waals surface area contributed by atoms with Crippen LogP contribution in [-0.4, -0.2) is 83.9 Å². The van der Waals surface area contributed by atoms with Crippen LogP contribution >= 0.6 is 0 Å². The number of nitrogens with two attached hydrogens (primary N) is 1. The van der Waals surface area contributed by atoms with Gasteiger partial charge in [-0.25, -0.2) is 23.5 Å². The van der Waals surface area contributed by atoms with Crippen molar-refractivity contribution in [1.82, 2.24) is 24.8 Å². The van der Waals surface area contributed by atoms with Gasteiger partial charge in [0.2, 0.25) is 17.4 Å². The van der Waals surface area contributed by atoms with Crippen LogP contribution in [0.15, 0.2) is 48.5 Å². The van der Waals surface area contributed by atoms with Crippen molar-refractivity contribution in [2.75, 3.05) is 68.4 Å². The van der Waals surface area contributed by atoms with Gasteiger partial charge in [0, 0.05) is 75.1 Å².